The zero-order chi connectivity index (χ0) is 13.0. The van der Waals surface area contributed by atoms with Crippen molar-refractivity contribution in [2.45, 2.75) is 13.5 Å². The first-order valence-electron chi connectivity index (χ1n) is 5.71. The Morgan fingerprint density at radius 1 is 1.17 bits per heavy atom. The van der Waals surface area contributed by atoms with E-state index in [1.54, 1.807) is 7.11 Å². The molecule has 0 fully saturated rings. The summed E-state index contributed by atoms with van der Waals surface area (Å²) in [6.45, 7) is 2.36. The molecule has 0 unspecified atom stereocenters. The molecule has 0 bridgehead atoms. The van der Waals surface area contributed by atoms with E-state index in [4.69, 9.17) is 15.2 Å². The average Bonchev–Trinajstić information content (AvgIpc) is 2.38. The number of nitrogens with two attached hydrogens (primary N) is 1. The lowest BCUT2D eigenvalue weighted by Crippen LogP contribution is -1.98. The van der Waals surface area contributed by atoms with E-state index in [2.05, 4.69) is 4.98 Å². The molecule has 2 aromatic rings. The third-order valence-corrected chi connectivity index (χ3v) is 2.50. The highest BCUT2D eigenvalue weighted by atomic mass is 16.5. The number of methoxy groups -OCH3 is 1. The van der Waals surface area contributed by atoms with Gasteiger partial charge in [-0.1, -0.05) is 6.07 Å². The van der Waals surface area contributed by atoms with Crippen LogP contribution in [0.3, 0.4) is 0 Å². The second kappa shape index (κ2) is 5.51. The van der Waals surface area contributed by atoms with Crippen molar-refractivity contribution in [3.8, 4) is 17.4 Å². The van der Waals surface area contributed by atoms with Crippen molar-refractivity contribution in [1.82, 2.24) is 4.98 Å². The van der Waals surface area contributed by atoms with Gasteiger partial charge in [0, 0.05) is 24.4 Å². The quantitative estimate of drug-likeness (QED) is 0.898. The van der Waals surface area contributed by atoms with Gasteiger partial charge in [-0.25, -0.2) is 4.98 Å². The third-order valence-electron chi connectivity index (χ3n) is 2.50. The maximum atomic E-state index is 5.70. The molecule has 2 N–H and O–H groups in total. The van der Waals surface area contributed by atoms with Crippen LogP contribution < -0.4 is 15.2 Å². The molecule has 0 atom stereocenters. The molecule has 1 heterocycles. The van der Waals surface area contributed by atoms with E-state index in [0.717, 1.165) is 17.0 Å². The number of benzene rings is 1. The summed E-state index contributed by atoms with van der Waals surface area (Å²) in [5.41, 5.74) is 7.50. The molecule has 4 heteroatoms. The Morgan fingerprint density at radius 3 is 2.61 bits per heavy atom. The van der Waals surface area contributed by atoms with Crippen LogP contribution in [0, 0.1) is 6.92 Å². The van der Waals surface area contributed by atoms with E-state index in [-0.39, 0.29) is 0 Å². The number of aryl methyl sites for hydroxylation is 1. The molecule has 0 radical (unpaired) electrons. The van der Waals surface area contributed by atoms with Gasteiger partial charge < -0.3 is 15.2 Å². The van der Waals surface area contributed by atoms with Gasteiger partial charge in [-0.15, -0.1) is 0 Å². The lowest BCUT2D eigenvalue weighted by molar-refractivity contribution is 0.406. The molecule has 4 nitrogen and oxygen atoms in total. The monoisotopic (exact) mass is 244 g/mol. The number of hydrogen-bond donors (Lipinski definition) is 1. The van der Waals surface area contributed by atoms with E-state index >= 15 is 0 Å². The summed E-state index contributed by atoms with van der Waals surface area (Å²) < 4.78 is 10.9. The van der Waals surface area contributed by atoms with Crippen LogP contribution in [-0.2, 0) is 6.54 Å². The standard InChI is InChI=1S/C14H16N2O2/c1-10-4-3-5-14(16-10)18-13-7-11(9-15)6-12(8-13)17-2/h3-8H,9,15H2,1-2H3. The number of nitrogens with zero attached hydrogens (tertiary/aromatic N) is 1. The van der Waals surface area contributed by atoms with Gasteiger partial charge in [0.05, 0.1) is 7.11 Å². The first kappa shape index (κ1) is 12.4. The number of rotatable bonds is 4. The Bertz CT molecular complexity index is 519. The summed E-state index contributed by atoms with van der Waals surface area (Å²) in [7, 11) is 1.62. The Labute approximate surface area is 106 Å². The van der Waals surface area contributed by atoms with Crippen LogP contribution in [-0.4, -0.2) is 12.1 Å². The van der Waals surface area contributed by atoms with Crippen molar-refractivity contribution >= 4 is 0 Å². The minimum Gasteiger partial charge on any atom is -0.497 e. The predicted molar refractivity (Wildman–Crippen MR) is 69.9 cm³/mol. The average molecular weight is 244 g/mol. The van der Waals surface area contributed by atoms with Crippen molar-refractivity contribution in [2.24, 2.45) is 5.73 Å². The summed E-state index contributed by atoms with van der Waals surface area (Å²) in [6.07, 6.45) is 0. The topological polar surface area (TPSA) is 57.4 Å². The Morgan fingerprint density at radius 2 is 1.94 bits per heavy atom. The maximum Gasteiger partial charge on any atom is 0.219 e. The van der Waals surface area contributed by atoms with Crippen molar-refractivity contribution in [3.63, 3.8) is 0 Å². The molecule has 0 amide bonds. The van der Waals surface area contributed by atoms with Crippen molar-refractivity contribution in [1.29, 1.82) is 0 Å². The molecule has 94 valence electrons. The smallest absolute Gasteiger partial charge is 0.219 e. The lowest BCUT2D eigenvalue weighted by Gasteiger charge is -2.09. The fourth-order valence-electron chi connectivity index (χ4n) is 1.62. The zero-order valence-electron chi connectivity index (χ0n) is 10.5. The largest absolute Gasteiger partial charge is 0.497 e. The molecule has 0 spiro atoms. The Hall–Kier alpha value is -2.07. The van der Waals surface area contributed by atoms with Crippen LogP contribution in [0.2, 0.25) is 0 Å². The fraction of sp³-hybridized carbons (Fsp3) is 0.214. The molecule has 1 aromatic heterocycles. The summed E-state index contributed by atoms with van der Waals surface area (Å²) >= 11 is 0. The third kappa shape index (κ3) is 2.99. The van der Waals surface area contributed by atoms with Gasteiger partial charge in [0.1, 0.15) is 11.5 Å². The maximum absolute atomic E-state index is 5.70. The fourth-order valence-corrected chi connectivity index (χ4v) is 1.62. The van der Waals surface area contributed by atoms with E-state index < -0.39 is 0 Å². The molecule has 0 aliphatic rings. The molecule has 18 heavy (non-hydrogen) atoms. The minimum absolute atomic E-state index is 0.439. The number of hydrogen-bond acceptors (Lipinski definition) is 4. The molecule has 0 aliphatic carbocycles. The number of pyridine rings is 1. The highest BCUT2D eigenvalue weighted by Gasteiger charge is 2.04. The zero-order valence-corrected chi connectivity index (χ0v) is 10.5. The van der Waals surface area contributed by atoms with Gasteiger partial charge in [-0.2, -0.15) is 0 Å². The normalized spacial score (nSPS) is 10.2. The lowest BCUT2D eigenvalue weighted by atomic mass is 10.2. The summed E-state index contributed by atoms with van der Waals surface area (Å²) in [6, 6.07) is 11.2. The SMILES string of the molecule is COc1cc(CN)cc(Oc2cccc(C)n2)c1. The predicted octanol–water partition coefficient (Wildman–Crippen LogP) is 2.65. The van der Waals surface area contributed by atoms with Crippen LogP contribution in [0.4, 0.5) is 0 Å². The van der Waals surface area contributed by atoms with Gasteiger partial charge in [-0.3, -0.25) is 0 Å². The van der Waals surface area contributed by atoms with Crippen LogP contribution in [0.25, 0.3) is 0 Å². The molecular formula is C14H16N2O2. The van der Waals surface area contributed by atoms with Crippen LogP contribution in [0.1, 0.15) is 11.3 Å². The van der Waals surface area contributed by atoms with Gasteiger partial charge >= 0.3 is 0 Å². The second-order valence-corrected chi connectivity index (χ2v) is 3.94. The molecule has 0 saturated heterocycles. The number of aromatic nitrogens is 1. The molecule has 1 aromatic carbocycles. The van der Waals surface area contributed by atoms with Gasteiger partial charge in [0.15, 0.2) is 0 Å². The van der Waals surface area contributed by atoms with E-state index in [1.165, 1.54) is 0 Å². The summed E-state index contributed by atoms with van der Waals surface area (Å²) in [5, 5.41) is 0. The van der Waals surface area contributed by atoms with Crippen molar-refractivity contribution < 1.29 is 9.47 Å². The number of ether oxygens (including phenoxy) is 2. The Kier molecular flexibility index (Phi) is 3.79. The molecule has 0 saturated carbocycles. The first-order chi connectivity index (χ1) is 8.71. The van der Waals surface area contributed by atoms with E-state index in [9.17, 15) is 0 Å². The van der Waals surface area contributed by atoms with E-state index in [1.807, 2.05) is 43.3 Å². The van der Waals surface area contributed by atoms with Gasteiger partial charge in [0.2, 0.25) is 5.88 Å². The highest BCUT2D eigenvalue weighted by molar-refractivity contribution is 5.40. The van der Waals surface area contributed by atoms with Crippen LogP contribution in [0.5, 0.6) is 17.4 Å². The van der Waals surface area contributed by atoms with Crippen LogP contribution >= 0.6 is 0 Å². The molecule has 2 rings (SSSR count). The molecular weight excluding hydrogens is 228 g/mol. The summed E-state index contributed by atoms with van der Waals surface area (Å²) in [4.78, 5) is 4.29. The molecule has 0 aliphatic heterocycles. The minimum atomic E-state index is 0.439. The second-order valence-electron chi connectivity index (χ2n) is 3.94. The van der Waals surface area contributed by atoms with E-state index in [0.29, 0.717) is 18.2 Å². The van der Waals surface area contributed by atoms with Crippen molar-refractivity contribution in [2.75, 3.05) is 7.11 Å². The van der Waals surface area contributed by atoms with Gasteiger partial charge in [0.25, 0.3) is 0 Å². The van der Waals surface area contributed by atoms with Crippen LogP contribution in [0.15, 0.2) is 36.4 Å². The first-order valence-corrected chi connectivity index (χ1v) is 5.71. The van der Waals surface area contributed by atoms with Gasteiger partial charge in [-0.05, 0) is 30.7 Å². The van der Waals surface area contributed by atoms with Crippen molar-refractivity contribution in [3.05, 3.63) is 47.7 Å². The highest BCUT2D eigenvalue weighted by Crippen LogP contribution is 2.26. The summed E-state index contributed by atoms with van der Waals surface area (Å²) in [5.74, 6) is 1.96. The Balaban J connectivity index is 2.28.